The number of piperidine rings is 1. The molecular weight excluding hydrogens is 326 g/mol. The zero-order chi connectivity index (χ0) is 17.4. The molecule has 1 aromatic carbocycles. The molecule has 2 aromatic heterocycles. The molecule has 25 heavy (non-hydrogen) atoms. The predicted molar refractivity (Wildman–Crippen MR) is 107 cm³/mol. The van der Waals surface area contributed by atoms with Gasteiger partial charge in [0.05, 0.1) is 5.39 Å². The Hall–Kier alpha value is -1.94. The van der Waals surface area contributed by atoms with Gasteiger partial charge in [-0.2, -0.15) is 0 Å². The molecule has 1 fully saturated rings. The van der Waals surface area contributed by atoms with Crippen molar-refractivity contribution in [3.63, 3.8) is 0 Å². The third kappa shape index (κ3) is 3.28. The molecule has 0 bridgehead atoms. The number of thiophene rings is 1. The number of benzene rings is 1. The first-order valence-corrected chi connectivity index (χ1v) is 9.99. The summed E-state index contributed by atoms with van der Waals surface area (Å²) < 4.78 is 0. The van der Waals surface area contributed by atoms with Crippen LogP contribution in [0.25, 0.3) is 10.2 Å². The topological polar surface area (TPSA) is 29.0 Å². The summed E-state index contributed by atoms with van der Waals surface area (Å²) in [7, 11) is 0. The van der Waals surface area contributed by atoms with Crippen molar-refractivity contribution < 1.29 is 0 Å². The number of anilines is 1. The molecule has 0 aliphatic carbocycles. The number of rotatable bonds is 3. The van der Waals surface area contributed by atoms with Crippen molar-refractivity contribution in [2.75, 3.05) is 18.0 Å². The van der Waals surface area contributed by atoms with Crippen LogP contribution in [0.1, 0.15) is 41.6 Å². The van der Waals surface area contributed by atoms with Crippen LogP contribution in [0, 0.1) is 19.8 Å². The fourth-order valence-electron chi connectivity index (χ4n) is 3.58. The molecule has 1 aliphatic heterocycles. The van der Waals surface area contributed by atoms with Crippen molar-refractivity contribution in [1.29, 1.82) is 0 Å². The van der Waals surface area contributed by atoms with Gasteiger partial charge < -0.3 is 4.90 Å². The Labute approximate surface area is 153 Å². The lowest BCUT2D eigenvalue weighted by Gasteiger charge is -2.32. The standard InChI is InChI=1S/C21H25N3S/c1-14-9-11-24(12-10-14)20-19-15(2)16(3)25-21(19)23-18(22-20)13-17-7-5-4-6-8-17/h4-8,14H,9-13H2,1-3H3. The van der Waals surface area contributed by atoms with Crippen molar-refractivity contribution in [3.8, 4) is 0 Å². The average Bonchev–Trinajstić information content (AvgIpc) is 2.90. The first kappa shape index (κ1) is 16.5. The molecule has 0 radical (unpaired) electrons. The summed E-state index contributed by atoms with van der Waals surface area (Å²) >= 11 is 1.80. The first-order valence-electron chi connectivity index (χ1n) is 9.17. The number of nitrogens with zero attached hydrogens (tertiary/aromatic N) is 3. The molecule has 0 N–H and O–H groups in total. The second-order valence-corrected chi connectivity index (χ2v) is 8.46. The summed E-state index contributed by atoms with van der Waals surface area (Å²) in [5.74, 6) is 2.92. The summed E-state index contributed by atoms with van der Waals surface area (Å²) in [6, 6.07) is 10.5. The van der Waals surface area contributed by atoms with E-state index in [-0.39, 0.29) is 0 Å². The van der Waals surface area contributed by atoms with E-state index >= 15 is 0 Å². The third-order valence-corrected chi connectivity index (χ3v) is 6.45. The quantitative estimate of drug-likeness (QED) is 0.654. The van der Waals surface area contributed by atoms with Crippen molar-refractivity contribution in [2.24, 2.45) is 5.92 Å². The molecule has 0 spiro atoms. The van der Waals surface area contributed by atoms with E-state index in [2.05, 4.69) is 56.0 Å². The Balaban J connectivity index is 1.78. The molecule has 3 nitrogen and oxygen atoms in total. The molecule has 4 rings (SSSR count). The smallest absolute Gasteiger partial charge is 0.141 e. The van der Waals surface area contributed by atoms with Crippen LogP contribution in [0.15, 0.2) is 30.3 Å². The molecular formula is C21H25N3S. The highest BCUT2D eigenvalue weighted by atomic mass is 32.1. The van der Waals surface area contributed by atoms with Gasteiger partial charge in [-0.1, -0.05) is 37.3 Å². The highest BCUT2D eigenvalue weighted by Gasteiger charge is 2.22. The van der Waals surface area contributed by atoms with Gasteiger partial charge in [-0.05, 0) is 43.7 Å². The van der Waals surface area contributed by atoms with E-state index in [1.54, 1.807) is 11.3 Å². The summed E-state index contributed by atoms with van der Waals surface area (Å²) in [5, 5.41) is 1.27. The monoisotopic (exact) mass is 351 g/mol. The van der Waals surface area contributed by atoms with Gasteiger partial charge in [0.2, 0.25) is 0 Å². The Morgan fingerprint density at radius 1 is 1.08 bits per heavy atom. The summed E-state index contributed by atoms with van der Waals surface area (Å²) in [5.41, 5.74) is 2.62. The normalized spacial score (nSPS) is 15.9. The van der Waals surface area contributed by atoms with Crippen molar-refractivity contribution in [1.82, 2.24) is 9.97 Å². The van der Waals surface area contributed by atoms with Crippen LogP contribution in [0.3, 0.4) is 0 Å². The lowest BCUT2D eigenvalue weighted by Crippen LogP contribution is -2.33. The molecule has 0 amide bonds. The van der Waals surface area contributed by atoms with Gasteiger partial charge in [0.15, 0.2) is 0 Å². The van der Waals surface area contributed by atoms with Crippen molar-refractivity contribution >= 4 is 27.4 Å². The molecule has 130 valence electrons. The molecule has 0 unspecified atom stereocenters. The lowest BCUT2D eigenvalue weighted by atomic mass is 9.99. The van der Waals surface area contributed by atoms with Crippen LogP contribution in [0.2, 0.25) is 0 Å². The molecule has 4 heteroatoms. The minimum Gasteiger partial charge on any atom is -0.356 e. The molecule has 0 saturated carbocycles. The number of aromatic nitrogens is 2. The van der Waals surface area contributed by atoms with Crippen molar-refractivity contribution in [2.45, 2.75) is 40.0 Å². The predicted octanol–water partition coefficient (Wildman–Crippen LogP) is 5.14. The van der Waals surface area contributed by atoms with E-state index in [1.165, 1.54) is 34.2 Å². The Bertz CT molecular complexity index is 877. The Morgan fingerprint density at radius 3 is 2.52 bits per heavy atom. The van der Waals surface area contributed by atoms with Crippen LogP contribution < -0.4 is 4.90 Å². The number of aryl methyl sites for hydroxylation is 2. The molecule has 3 aromatic rings. The van der Waals surface area contributed by atoms with Gasteiger partial charge in [0.1, 0.15) is 16.5 Å². The summed E-state index contributed by atoms with van der Waals surface area (Å²) in [6.07, 6.45) is 3.30. The molecule has 1 saturated heterocycles. The maximum atomic E-state index is 5.04. The minimum absolute atomic E-state index is 0.796. The maximum Gasteiger partial charge on any atom is 0.141 e. The van der Waals surface area contributed by atoms with Crippen molar-refractivity contribution in [3.05, 3.63) is 52.2 Å². The minimum atomic E-state index is 0.796. The maximum absolute atomic E-state index is 5.04. The van der Waals surface area contributed by atoms with Gasteiger partial charge in [0, 0.05) is 24.4 Å². The van der Waals surface area contributed by atoms with E-state index in [0.29, 0.717) is 0 Å². The molecule has 1 aliphatic rings. The van der Waals surface area contributed by atoms with Gasteiger partial charge in [-0.15, -0.1) is 11.3 Å². The first-order chi connectivity index (χ1) is 12.1. The fourth-order valence-corrected chi connectivity index (χ4v) is 4.62. The molecule has 3 heterocycles. The highest BCUT2D eigenvalue weighted by molar-refractivity contribution is 7.18. The fraction of sp³-hybridized carbons (Fsp3) is 0.429. The zero-order valence-electron chi connectivity index (χ0n) is 15.2. The Kier molecular flexibility index (Phi) is 4.46. The number of hydrogen-bond acceptors (Lipinski definition) is 4. The summed E-state index contributed by atoms with van der Waals surface area (Å²) in [6.45, 7) is 8.97. The van der Waals surface area contributed by atoms with Crippen LogP contribution in [0.5, 0.6) is 0 Å². The number of hydrogen-bond donors (Lipinski definition) is 0. The van der Waals surface area contributed by atoms with Crippen LogP contribution >= 0.6 is 11.3 Å². The SMILES string of the molecule is Cc1sc2nc(Cc3ccccc3)nc(N3CCC(C)CC3)c2c1C. The third-order valence-electron chi connectivity index (χ3n) is 5.34. The van der Waals surface area contributed by atoms with Gasteiger partial charge >= 0.3 is 0 Å². The van der Waals surface area contributed by atoms with E-state index < -0.39 is 0 Å². The van der Waals surface area contributed by atoms with Crippen LogP contribution in [-0.2, 0) is 6.42 Å². The van der Waals surface area contributed by atoms with E-state index in [4.69, 9.17) is 9.97 Å². The second-order valence-electron chi connectivity index (χ2n) is 7.26. The largest absolute Gasteiger partial charge is 0.356 e. The van der Waals surface area contributed by atoms with Gasteiger partial charge in [-0.25, -0.2) is 9.97 Å². The van der Waals surface area contributed by atoms with Gasteiger partial charge in [0.25, 0.3) is 0 Å². The van der Waals surface area contributed by atoms with E-state index in [0.717, 1.165) is 41.9 Å². The Morgan fingerprint density at radius 2 is 1.80 bits per heavy atom. The average molecular weight is 352 g/mol. The van der Waals surface area contributed by atoms with E-state index in [1.807, 2.05) is 0 Å². The summed E-state index contributed by atoms with van der Waals surface area (Å²) in [4.78, 5) is 14.9. The van der Waals surface area contributed by atoms with Crippen LogP contribution in [-0.4, -0.2) is 23.1 Å². The zero-order valence-corrected chi connectivity index (χ0v) is 16.1. The van der Waals surface area contributed by atoms with Gasteiger partial charge in [-0.3, -0.25) is 0 Å². The second kappa shape index (κ2) is 6.75. The number of fused-ring (bicyclic) bond motifs is 1. The van der Waals surface area contributed by atoms with Crippen LogP contribution in [0.4, 0.5) is 5.82 Å². The highest BCUT2D eigenvalue weighted by Crippen LogP contribution is 2.36. The lowest BCUT2D eigenvalue weighted by molar-refractivity contribution is 0.437. The molecule has 0 atom stereocenters. The van der Waals surface area contributed by atoms with E-state index in [9.17, 15) is 0 Å².